The standard InChI is InChI=1S/C31H45FO2/c1-4-31(34)18-17-30(3)23(20-31)11-13-25-26-14-12-22(29(26,2)16-15-27(25)30)8-6-10-28(33)21-7-5-9-24(32)19-21/h5,7,9,11,19,22,25-28,33-34H,4,6,8,10,12-18,20H2,1-3H3/t22?,25?,26?,27?,28?,29?,30?,31-/m0/s1. The highest BCUT2D eigenvalue weighted by Gasteiger charge is 2.59. The fourth-order valence-electron chi connectivity index (χ4n) is 9.04. The maximum atomic E-state index is 13.5. The van der Waals surface area contributed by atoms with E-state index in [0.717, 1.165) is 62.2 Å². The molecule has 0 aliphatic heterocycles. The molecule has 0 saturated heterocycles. The molecule has 2 N–H and O–H groups in total. The first-order valence-electron chi connectivity index (χ1n) is 14.0. The number of fused-ring (bicyclic) bond motifs is 5. The Labute approximate surface area is 206 Å². The molecule has 0 bridgehead atoms. The molecule has 1 aromatic rings. The Bertz CT molecular complexity index is 926. The van der Waals surface area contributed by atoms with Crippen molar-refractivity contribution >= 4 is 0 Å². The van der Waals surface area contributed by atoms with E-state index in [1.807, 2.05) is 6.07 Å². The number of aliphatic hydroxyl groups excluding tert-OH is 1. The smallest absolute Gasteiger partial charge is 0.123 e. The molecule has 0 aromatic heterocycles. The van der Waals surface area contributed by atoms with E-state index < -0.39 is 11.7 Å². The van der Waals surface area contributed by atoms with Crippen LogP contribution in [-0.4, -0.2) is 15.8 Å². The Morgan fingerprint density at radius 3 is 2.68 bits per heavy atom. The van der Waals surface area contributed by atoms with Gasteiger partial charge in [0.25, 0.3) is 0 Å². The number of hydrogen-bond acceptors (Lipinski definition) is 2. The van der Waals surface area contributed by atoms with Crippen LogP contribution in [0.15, 0.2) is 35.9 Å². The van der Waals surface area contributed by atoms with Crippen LogP contribution in [0.1, 0.15) is 109 Å². The van der Waals surface area contributed by atoms with Gasteiger partial charge in [0.2, 0.25) is 0 Å². The molecule has 3 fully saturated rings. The molecule has 3 saturated carbocycles. The number of rotatable bonds is 6. The molecule has 0 heterocycles. The fraction of sp³-hybridized carbons (Fsp3) is 0.742. The van der Waals surface area contributed by atoms with Crippen molar-refractivity contribution in [2.75, 3.05) is 0 Å². The predicted octanol–water partition coefficient (Wildman–Crippen LogP) is 7.75. The summed E-state index contributed by atoms with van der Waals surface area (Å²) in [5.74, 6) is 2.86. The van der Waals surface area contributed by atoms with Gasteiger partial charge in [-0.1, -0.05) is 51.0 Å². The minimum Gasteiger partial charge on any atom is -0.390 e. The van der Waals surface area contributed by atoms with Gasteiger partial charge in [0.1, 0.15) is 5.82 Å². The molecule has 4 aliphatic carbocycles. The molecule has 4 aliphatic rings. The largest absolute Gasteiger partial charge is 0.390 e. The quantitative estimate of drug-likeness (QED) is 0.419. The Balaban J connectivity index is 1.24. The van der Waals surface area contributed by atoms with Crippen LogP contribution in [-0.2, 0) is 0 Å². The van der Waals surface area contributed by atoms with E-state index in [4.69, 9.17) is 0 Å². The van der Waals surface area contributed by atoms with Gasteiger partial charge in [-0.15, -0.1) is 0 Å². The van der Waals surface area contributed by atoms with Crippen molar-refractivity contribution in [3.63, 3.8) is 0 Å². The van der Waals surface area contributed by atoms with E-state index in [1.165, 1.54) is 50.7 Å². The van der Waals surface area contributed by atoms with Gasteiger partial charge in [0.05, 0.1) is 11.7 Å². The van der Waals surface area contributed by atoms with Crippen molar-refractivity contribution in [2.45, 2.75) is 110 Å². The van der Waals surface area contributed by atoms with Crippen LogP contribution in [0.5, 0.6) is 0 Å². The van der Waals surface area contributed by atoms with Crippen molar-refractivity contribution in [3.8, 4) is 0 Å². The predicted molar refractivity (Wildman–Crippen MR) is 136 cm³/mol. The summed E-state index contributed by atoms with van der Waals surface area (Å²) < 4.78 is 13.5. The summed E-state index contributed by atoms with van der Waals surface area (Å²) in [4.78, 5) is 0. The number of hydrogen-bond donors (Lipinski definition) is 2. The fourth-order valence-corrected chi connectivity index (χ4v) is 9.04. The third-order valence-corrected chi connectivity index (χ3v) is 11.4. The first-order chi connectivity index (χ1) is 16.2. The molecule has 1 aromatic carbocycles. The van der Waals surface area contributed by atoms with Crippen LogP contribution in [0.4, 0.5) is 4.39 Å². The summed E-state index contributed by atoms with van der Waals surface area (Å²) in [6.07, 6.45) is 15.3. The summed E-state index contributed by atoms with van der Waals surface area (Å²) in [7, 11) is 0. The second kappa shape index (κ2) is 9.04. The number of benzene rings is 1. The van der Waals surface area contributed by atoms with E-state index in [1.54, 1.807) is 11.6 Å². The lowest BCUT2D eigenvalue weighted by molar-refractivity contribution is -0.0718. The summed E-state index contributed by atoms with van der Waals surface area (Å²) >= 11 is 0. The van der Waals surface area contributed by atoms with Gasteiger partial charge < -0.3 is 10.2 Å². The van der Waals surface area contributed by atoms with Gasteiger partial charge in [-0.3, -0.25) is 0 Å². The SMILES string of the molecule is CC[C@]1(O)CCC2(C)C(=CCC3C2CCC2(C)C(CCCC(O)c4cccc(F)c4)CCC32)C1. The van der Waals surface area contributed by atoms with Gasteiger partial charge in [0.15, 0.2) is 0 Å². The zero-order chi connectivity index (χ0) is 24.1. The molecule has 188 valence electrons. The zero-order valence-electron chi connectivity index (χ0n) is 21.5. The van der Waals surface area contributed by atoms with Gasteiger partial charge >= 0.3 is 0 Å². The molecule has 34 heavy (non-hydrogen) atoms. The number of aliphatic hydroxyl groups is 2. The van der Waals surface area contributed by atoms with Gasteiger partial charge in [-0.2, -0.15) is 0 Å². The van der Waals surface area contributed by atoms with E-state index in [2.05, 4.69) is 26.8 Å². The lowest BCUT2D eigenvalue weighted by Crippen LogP contribution is -2.52. The molecule has 0 amide bonds. The van der Waals surface area contributed by atoms with Gasteiger partial charge in [-0.05, 0) is 123 Å². The van der Waals surface area contributed by atoms with Gasteiger partial charge in [0, 0.05) is 0 Å². The Morgan fingerprint density at radius 2 is 1.91 bits per heavy atom. The van der Waals surface area contributed by atoms with Crippen LogP contribution >= 0.6 is 0 Å². The zero-order valence-corrected chi connectivity index (χ0v) is 21.5. The van der Waals surface area contributed by atoms with Crippen molar-refractivity contribution in [3.05, 3.63) is 47.3 Å². The molecule has 0 radical (unpaired) electrons. The third kappa shape index (κ3) is 4.09. The highest BCUT2D eigenvalue weighted by Crippen LogP contribution is 2.67. The topological polar surface area (TPSA) is 40.5 Å². The summed E-state index contributed by atoms with van der Waals surface area (Å²) in [6, 6.07) is 6.43. The normalized spacial score (nSPS) is 42.4. The van der Waals surface area contributed by atoms with Crippen molar-refractivity contribution in [2.24, 2.45) is 34.5 Å². The van der Waals surface area contributed by atoms with E-state index >= 15 is 0 Å². The Kier molecular flexibility index (Phi) is 6.51. The molecule has 0 spiro atoms. The maximum Gasteiger partial charge on any atom is 0.123 e. The van der Waals surface area contributed by atoms with Crippen molar-refractivity contribution in [1.82, 2.24) is 0 Å². The lowest BCUT2D eigenvalue weighted by atomic mass is 9.46. The highest BCUT2D eigenvalue weighted by atomic mass is 19.1. The first-order valence-corrected chi connectivity index (χ1v) is 14.0. The second-order valence-electron chi connectivity index (χ2n) is 12.8. The van der Waals surface area contributed by atoms with Crippen LogP contribution in [0.3, 0.4) is 0 Å². The van der Waals surface area contributed by atoms with Crippen LogP contribution in [0.2, 0.25) is 0 Å². The monoisotopic (exact) mass is 468 g/mol. The first kappa shape index (κ1) is 24.5. The van der Waals surface area contributed by atoms with Crippen LogP contribution < -0.4 is 0 Å². The summed E-state index contributed by atoms with van der Waals surface area (Å²) in [6.45, 7) is 7.23. The second-order valence-corrected chi connectivity index (χ2v) is 12.8. The van der Waals surface area contributed by atoms with Gasteiger partial charge in [-0.25, -0.2) is 4.39 Å². The summed E-state index contributed by atoms with van der Waals surface area (Å²) in [5, 5.41) is 21.6. The lowest BCUT2D eigenvalue weighted by Gasteiger charge is -2.59. The molecule has 7 unspecified atom stereocenters. The molecule has 8 atom stereocenters. The number of allylic oxidation sites excluding steroid dienone is 1. The average molecular weight is 469 g/mol. The highest BCUT2D eigenvalue weighted by molar-refractivity contribution is 5.27. The molecular formula is C31H45FO2. The third-order valence-electron chi connectivity index (χ3n) is 11.4. The van der Waals surface area contributed by atoms with E-state index in [9.17, 15) is 14.6 Å². The maximum absolute atomic E-state index is 13.5. The summed E-state index contributed by atoms with van der Waals surface area (Å²) in [5.41, 5.74) is 2.51. The van der Waals surface area contributed by atoms with Crippen LogP contribution in [0, 0.1) is 40.3 Å². The Hall–Kier alpha value is -1.19. The molecule has 3 heteroatoms. The van der Waals surface area contributed by atoms with E-state index in [0.29, 0.717) is 16.4 Å². The molecule has 2 nitrogen and oxygen atoms in total. The van der Waals surface area contributed by atoms with Crippen molar-refractivity contribution in [1.29, 1.82) is 0 Å². The molecule has 5 rings (SSSR count). The Morgan fingerprint density at radius 1 is 1.09 bits per heavy atom. The van der Waals surface area contributed by atoms with E-state index in [-0.39, 0.29) is 5.82 Å². The number of halogens is 1. The average Bonchev–Trinajstić information content (AvgIpc) is 3.16. The minimum atomic E-state index is -0.564. The minimum absolute atomic E-state index is 0.268. The van der Waals surface area contributed by atoms with Crippen molar-refractivity contribution < 1.29 is 14.6 Å². The van der Waals surface area contributed by atoms with Crippen LogP contribution in [0.25, 0.3) is 0 Å². The molecular weight excluding hydrogens is 423 g/mol.